The maximum atomic E-state index is 9.82. The Morgan fingerprint density at radius 2 is 1.38 bits per heavy atom. The zero-order valence-electron chi connectivity index (χ0n) is 14.8. The predicted molar refractivity (Wildman–Crippen MR) is 113 cm³/mol. The number of aliphatic hydroxyl groups excluding tert-OH is 1. The number of benzene rings is 3. The standard InChI is InChI=1S/C23H24NOP/c25-18-19-10-9-17-24(19)22-15-7-8-16-23(22)26(20-11-3-1-4-12-20)21-13-5-2-6-14-21/h1-8,11-16,19,25H,9-10,17-18H2/t19-/m1/s1. The summed E-state index contributed by atoms with van der Waals surface area (Å²) in [7, 11) is -0.630. The Labute approximate surface area is 156 Å². The molecule has 0 radical (unpaired) electrons. The molecule has 1 N–H and O–H groups in total. The van der Waals surface area contributed by atoms with Crippen molar-refractivity contribution < 1.29 is 5.11 Å². The topological polar surface area (TPSA) is 23.5 Å². The molecule has 0 aliphatic carbocycles. The second kappa shape index (κ2) is 8.03. The van der Waals surface area contributed by atoms with E-state index in [2.05, 4.69) is 89.8 Å². The molecular weight excluding hydrogens is 337 g/mol. The zero-order valence-corrected chi connectivity index (χ0v) is 15.7. The fraction of sp³-hybridized carbons (Fsp3) is 0.217. The molecule has 3 aromatic rings. The van der Waals surface area contributed by atoms with Gasteiger partial charge in [-0.05, 0) is 37.4 Å². The van der Waals surface area contributed by atoms with Gasteiger partial charge in [0.15, 0.2) is 0 Å². The van der Waals surface area contributed by atoms with Crippen molar-refractivity contribution in [3.63, 3.8) is 0 Å². The molecule has 132 valence electrons. The van der Waals surface area contributed by atoms with Gasteiger partial charge in [-0.1, -0.05) is 78.9 Å². The van der Waals surface area contributed by atoms with Gasteiger partial charge in [-0.2, -0.15) is 0 Å². The minimum absolute atomic E-state index is 0.225. The SMILES string of the molecule is OC[C@H]1CCCN1c1ccccc1P(c1ccccc1)c1ccccc1. The monoisotopic (exact) mass is 361 g/mol. The lowest BCUT2D eigenvalue weighted by Crippen LogP contribution is -2.36. The normalized spacial score (nSPS) is 17.0. The van der Waals surface area contributed by atoms with Crippen LogP contribution in [0.4, 0.5) is 5.69 Å². The zero-order chi connectivity index (χ0) is 17.8. The van der Waals surface area contributed by atoms with Crippen LogP contribution in [0.3, 0.4) is 0 Å². The molecule has 0 unspecified atom stereocenters. The lowest BCUT2D eigenvalue weighted by molar-refractivity contribution is 0.266. The fourth-order valence-electron chi connectivity index (χ4n) is 3.82. The van der Waals surface area contributed by atoms with Crippen LogP contribution in [0.15, 0.2) is 84.9 Å². The highest BCUT2D eigenvalue weighted by Gasteiger charge is 2.28. The van der Waals surface area contributed by atoms with Gasteiger partial charge in [0.2, 0.25) is 0 Å². The summed E-state index contributed by atoms with van der Waals surface area (Å²) in [5.74, 6) is 0. The molecule has 0 bridgehead atoms. The van der Waals surface area contributed by atoms with Crippen LogP contribution in [0, 0.1) is 0 Å². The maximum absolute atomic E-state index is 9.82. The fourth-order valence-corrected chi connectivity index (χ4v) is 6.28. The second-order valence-corrected chi connectivity index (χ2v) is 8.85. The highest BCUT2D eigenvalue weighted by atomic mass is 31.1. The molecule has 1 aliphatic rings. The minimum Gasteiger partial charge on any atom is -0.394 e. The molecule has 1 aliphatic heterocycles. The molecule has 1 heterocycles. The number of nitrogens with zero attached hydrogens (tertiary/aromatic N) is 1. The van der Waals surface area contributed by atoms with Gasteiger partial charge < -0.3 is 10.0 Å². The average Bonchev–Trinajstić information content (AvgIpc) is 3.19. The van der Waals surface area contributed by atoms with E-state index in [4.69, 9.17) is 0 Å². The lowest BCUT2D eigenvalue weighted by Gasteiger charge is -2.31. The first kappa shape index (κ1) is 17.3. The van der Waals surface area contributed by atoms with Crippen molar-refractivity contribution in [2.24, 2.45) is 0 Å². The van der Waals surface area contributed by atoms with Gasteiger partial charge in [0, 0.05) is 17.5 Å². The van der Waals surface area contributed by atoms with Crippen LogP contribution in [0.2, 0.25) is 0 Å². The van der Waals surface area contributed by atoms with E-state index >= 15 is 0 Å². The van der Waals surface area contributed by atoms with Crippen molar-refractivity contribution in [1.29, 1.82) is 0 Å². The molecule has 1 fully saturated rings. The van der Waals surface area contributed by atoms with E-state index in [0.717, 1.165) is 19.4 Å². The summed E-state index contributed by atoms with van der Waals surface area (Å²) in [6, 6.07) is 30.6. The van der Waals surface area contributed by atoms with Crippen LogP contribution in [0.5, 0.6) is 0 Å². The number of hydrogen-bond donors (Lipinski definition) is 1. The Kier molecular flexibility index (Phi) is 5.34. The summed E-state index contributed by atoms with van der Waals surface area (Å²) >= 11 is 0. The van der Waals surface area contributed by atoms with E-state index in [0.29, 0.717) is 0 Å². The van der Waals surface area contributed by atoms with Crippen molar-refractivity contribution in [2.45, 2.75) is 18.9 Å². The summed E-state index contributed by atoms with van der Waals surface area (Å²) in [5.41, 5.74) is 1.28. The number of aliphatic hydroxyl groups is 1. The lowest BCUT2D eigenvalue weighted by atomic mass is 10.2. The van der Waals surface area contributed by atoms with Gasteiger partial charge in [0.05, 0.1) is 12.6 Å². The van der Waals surface area contributed by atoms with E-state index in [-0.39, 0.29) is 12.6 Å². The predicted octanol–water partition coefficient (Wildman–Crippen LogP) is 3.41. The third kappa shape index (κ3) is 3.40. The van der Waals surface area contributed by atoms with E-state index in [1.54, 1.807) is 0 Å². The maximum Gasteiger partial charge on any atom is 0.0635 e. The summed E-state index contributed by atoms with van der Waals surface area (Å²) in [5, 5.41) is 13.9. The van der Waals surface area contributed by atoms with Gasteiger partial charge >= 0.3 is 0 Å². The molecule has 26 heavy (non-hydrogen) atoms. The first-order valence-corrected chi connectivity index (χ1v) is 10.6. The van der Waals surface area contributed by atoms with Crippen molar-refractivity contribution >= 4 is 29.5 Å². The Morgan fingerprint density at radius 3 is 2.00 bits per heavy atom. The molecule has 1 saturated heterocycles. The summed E-state index contributed by atoms with van der Waals surface area (Å²) in [4.78, 5) is 2.41. The molecule has 0 amide bonds. The van der Waals surface area contributed by atoms with Gasteiger partial charge in [-0.25, -0.2) is 0 Å². The number of anilines is 1. The Hall–Kier alpha value is -2.15. The van der Waals surface area contributed by atoms with Crippen LogP contribution < -0.4 is 20.8 Å². The minimum atomic E-state index is -0.630. The van der Waals surface area contributed by atoms with Gasteiger partial charge in [-0.15, -0.1) is 0 Å². The van der Waals surface area contributed by atoms with Crippen molar-refractivity contribution in [2.75, 3.05) is 18.1 Å². The molecule has 0 aromatic heterocycles. The van der Waals surface area contributed by atoms with Crippen LogP contribution in [0.25, 0.3) is 0 Å². The highest BCUT2D eigenvalue weighted by Crippen LogP contribution is 2.38. The number of rotatable bonds is 5. The molecule has 4 rings (SSSR count). The Morgan fingerprint density at radius 1 is 0.808 bits per heavy atom. The summed E-state index contributed by atoms with van der Waals surface area (Å²) in [6.45, 7) is 1.25. The molecule has 1 atom stereocenters. The quantitative estimate of drug-likeness (QED) is 0.704. The molecule has 0 spiro atoms. The third-order valence-electron chi connectivity index (χ3n) is 5.05. The van der Waals surface area contributed by atoms with E-state index in [9.17, 15) is 5.11 Å². The van der Waals surface area contributed by atoms with Crippen LogP contribution in [-0.4, -0.2) is 24.3 Å². The first-order valence-electron chi connectivity index (χ1n) is 9.25. The van der Waals surface area contributed by atoms with Crippen LogP contribution >= 0.6 is 7.92 Å². The van der Waals surface area contributed by atoms with E-state index < -0.39 is 7.92 Å². The van der Waals surface area contributed by atoms with Crippen LogP contribution in [0.1, 0.15) is 12.8 Å². The van der Waals surface area contributed by atoms with E-state index in [1.165, 1.54) is 21.6 Å². The Balaban J connectivity index is 1.85. The summed E-state index contributed by atoms with van der Waals surface area (Å²) in [6.07, 6.45) is 2.22. The second-order valence-electron chi connectivity index (χ2n) is 6.67. The molecule has 3 heteroatoms. The highest BCUT2D eigenvalue weighted by molar-refractivity contribution is 7.80. The van der Waals surface area contributed by atoms with Gasteiger partial charge in [0.25, 0.3) is 0 Å². The van der Waals surface area contributed by atoms with Crippen LogP contribution in [-0.2, 0) is 0 Å². The number of para-hydroxylation sites is 1. The smallest absolute Gasteiger partial charge is 0.0635 e. The van der Waals surface area contributed by atoms with Gasteiger partial charge in [0.1, 0.15) is 0 Å². The largest absolute Gasteiger partial charge is 0.394 e. The van der Waals surface area contributed by atoms with Gasteiger partial charge in [-0.3, -0.25) is 0 Å². The average molecular weight is 361 g/mol. The molecule has 2 nitrogen and oxygen atoms in total. The van der Waals surface area contributed by atoms with E-state index in [1.807, 2.05) is 0 Å². The molecule has 3 aromatic carbocycles. The number of hydrogen-bond acceptors (Lipinski definition) is 2. The molecule has 0 saturated carbocycles. The first-order chi connectivity index (χ1) is 12.9. The Bertz CT molecular complexity index is 798. The van der Waals surface area contributed by atoms with Crippen molar-refractivity contribution in [3.8, 4) is 0 Å². The van der Waals surface area contributed by atoms with Crippen molar-refractivity contribution in [3.05, 3.63) is 84.9 Å². The van der Waals surface area contributed by atoms with Crippen molar-refractivity contribution in [1.82, 2.24) is 0 Å². The molecular formula is C23H24NOP. The third-order valence-corrected chi connectivity index (χ3v) is 7.54. The summed E-state index contributed by atoms with van der Waals surface area (Å²) < 4.78 is 0.